The predicted molar refractivity (Wildman–Crippen MR) is 64.6 cm³/mol. The van der Waals surface area contributed by atoms with Crippen LogP contribution in [0.15, 0.2) is 27.6 Å². The van der Waals surface area contributed by atoms with Gasteiger partial charge in [0.2, 0.25) is 0 Å². The van der Waals surface area contributed by atoms with Crippen LogP contribution in [-0.2, 0) is 16.3 Å². The Morgan fingerprint density at radius 3 is 2.53 bits per heavy atom. The van der Waals surface area contributed by atoms with Crippen LogP contribution in [0.1, 0.15) is 12.5 Å². The van der Waals surface area contributed by atoms with E-state index >= 15 is 0 Å². The minimum absolute atomic E-state index is 0.113. The highest BCUT2D eigenvalue weighted by atomic mass is 79.9. The zero-order chi connectivity index (χ0) is 11.5. The van der Waals surface area contributed by atoms with Crippen molar-refractivity contribution in [2.45, 2.75) is 18.2 Å². The molecule has 0 fully saturated rings. The first-order valence-electron chi connectivity index (χ1n) is 4.72. The zero-order valence-corrected chi connectivity index (χ0v) is 10.9. The molecule has 0 bridgehead atoms. The van der Waals surface area contributed by atoms with E-state index in [1.54, 1.807) is 19.1 Å². The molecular weight excluding hydrogens is 278 g/mol. The van der Waals surface area contributed by atoms with Crippen molar-refractivity contribution < 1.29 is 8.42 Å². The molecule has 0 saturated heterocycles. The largest absolute Gasteiger partial charge is 0.330 e. The number of hydrogen-bond acceptors (Lipinski definition) is 3. The average Bonchev–Trinajstić information content (AvgIpc) is 2.18. The first kappa shape index (κ1) is 12.7. The van der Waals surface area contributed by atoms with Gasteiger partial charge in [0.15, 0.2) is 9.84 Å². The lowest BCUT2D eigenvalue weighted by Gasteiger charge is -2.06. The first-order valence-corrected chi connectivity index (χ1v) is 7.17. The Balaban J connectivity index is 3.14. The fourth-order valence-corrected chi connectivity index (χ4v) is 3.38. The van der Waals surface area contributed by atoms with E-state index in [9.17, 15) is 8.42 Å². The second kappa shape index (κ2) is 5.09. The summed E-state index contributed by atoms with van der Waals surface area (Å²) in [5, 5.41) is 0. The van der Waals surface area contributed by atoms with E-state index in [4.69, 9.17) is 5.73 Å². The lowest BCUT2D eigenvalue weighted by atomic mass is 10.2. The number of rotatable bonds is 4. The third kappa shape index (κ3) is 3.03. The summed E-state index contributed by atoms with van der Waals surface area (Å²) in [5.74, 6) is 0.113. The molecule has 5 heteroatoms. The van der Waals surface area contributed by atoms with E-state index in [2.05, 4.69) is 15.9 Å². The minimum Gasteiger partial charge on any atom is -0.330 e. The van der Waals surface area contributed by atoms with Crippen molar-refractivity contribution >= 4 is 25.8 Å². The Morgan fingerprint density at radius 1 is 1.40 bits per heavy atom. The number of sulfone groups is 1. The molecule has 0 heterocycles. The van der Waals surface area contributed by atoms with E-state index in [0.717, 1.165) is 12.0 Å². The summed E-state index contributed by atoms with van der Waals surface area (Å²) in [6.45, 7) is 2.20. The maximum Gasteiger partial charge on any atom is 0.179 e. The smallest absolute Gasteiger partial charge is 0.179 e. The molecule has 2 N–H and O–H groups in total. The Labute approximate surface area is 98.7 Å². The highest BCUT2D eigenvalue weighted by Gasteiger charge is 2.15. The lowest BCUT2D eigenvalue weighted by Crippen LogP contribution is -2.06. The number of hydrogen-bond donors (Lipinski definition) is 1. The molecule has 0 spiro atoms. The van der Waals surface area contributed by atoms with E-state index in [1.165, 1.54) is 0 Å². The van der Waals surface area contributed by atoms with Crippen molar-refractivity contribution in [3.05, 3.63) is 28.2 Å². The quantitative estimate of drug-likeness (QED) is 0.919. The van der Waals surface area contributed by atoms with Gasteiger partial charge in [-0.05, 0) is 46.6 Å². The maximum atomic E-state index is 11.6. The first-order chi connectivity index (χ1) is 7.01. The van der Waals surface area contributed by atoms with Gasteiger partial charge in [0.1, 0.15) is 0 Å². The normalized spacial score (nSPS) is 11.7. The molecule has 0 unspecified atom stereocenters. The standard InChI is InChI=1S/C10H14BrNO2S/c1-2-15(13,14)10-4-3-8(5-6-12)7-9(10)11/h3-4,7H,2,5-6,12H2,1H3. The van der Waals surface area contributed by atoms with Crippen LogP contribution in [0.4, 0.5) is 0 Å². The monoisotopic (exact) mass is 291 g/mol. The topological polar surface area (TPSA) is 60.2 Å². The van der Waals surface area contributed by atoms with Crippen LogP contribution in [0.3, 0.4) is 0 Å². The van der Waals surface area contributed by atoms with E-state index < -0.39 is 9.84 Å². The van der Waals surface area contributed by atoms with Crippen molar-refractivity contribution in [1.29, 1.82) is 0 Å². The maximum absolute atomic E-state index is 11.6. The molecule has 0 aliphatic heterocycles. The summed E-state index contributed by atoms with van der Waals surface area (Å²) in [7, 11) is -3.14. The molecule has 1 rings (SSSR count). The number of halogens is 1. The summed E-state index contributed by atoms with van der Waals surface area (Å²) >= 11 is 3.27. The van der Waals surface area contributed by atoms with Crippen LogP contribution in [0, 0.1) is 0 Å². The Morgan fingerprint density at radius 2 is 2.07 bits per heavy atom. The second-order valence-corrected chi connectivity index (χ2v) is 6.31. The van der Waals surface area contributed by atoms with Gasteiger partial charge in [-0.3, -0.25) is 0 Å². The van der Waals surface area contributed by atoms with Crippen LogP contribution in [-0.4, -0.2) is 20.7 Å². The number of nitrogens with two attached hydrogens (primary N) is 1. The zero-order valence-electron chi connectivity index (χ0n) is 8.53. The SMILES string of the molecule is CCS(=O)(=O)c1ccc(CCN)cc1Br. The molecule has 0 aromatic heterocycles. The predicted octanol–water partition coefficient (Wildman–Crippen LogP) is 1.74. The fourth-order valence-electron chi connectivity index (χ4n) is 1.27. The van der Waals surface area contributed by atoms with E-state index in [0.29, 0.717) is 15.9 Å². The van der Waals surface area contributed by atoms with Crippen LogP contribution in [0.2, 0.25) is 0 Å². The highest BCUT2D eigenvalue weighted by molar-refractivity contribution is 9.10. The molecule has 0 amide bonds. The van der Waals surface area contributed by atoms with Crippen LogP contribution < -0.4 is 5.73 Å². The van der Waals surface area contributed by atoms with Gasteiger partial charge in [0, 0.05) is 4.47 Å². The summed E-state index contributed by atoms with van der Waals surface area (Å²) in [6.07, 6.45) is 0.755. The van der Waals surface area contributed by atoms with Gasteiger partial charge in [-0.25, -0.2) is 8.42 Å². The summed E-state index contributed by atoms with van der Waals surface area (Å²) < 4.78 is 23.9. The number of benzene rings is 1. The van der Waals surface area contributed by atoms with Crippen molar-refractivity contribution in [2.75, 3.05) is 12.3 Å². The Bertz CT molecular complexity index is 443. The van der Waals surface area contributed by atoms with E-state index in [1.807, 2.05) is 6.07 Å². The highest BCUT2D eigenvalue weighted by Crippen LogP contribution is 2.24. The molecule has 0 radical (unpaired) electrons. The van der Waals surface area contributed by atoms with Crippen molar-refractivity contribution in [3.8, 4) is 0 Å². The molecule has 1 aromatic rings. The molecule has 1 aromatic carbocycles. The van der Waals surface area contributed by atoms with Crippen molar-refractivity contribution in [3.63, 3.8) is 0 Å². The summed E-state index contributed by atoms with van der Waals surface area (Å²) in [6, 6.07) is 5.25. The molecule has 0 aliphatic carbocycles. The van der Waals surface area contributed by atoms with Crippen molar-refractivity contribution in [1.82, 2.24) is 0 Å². The molecule has 0 saturated carbocycles. The molecule has 84 valence electrons. The van der Waals surface area contributed by atoms with Gasteiger partial charge in [0.25, 0.3) is 0 Å². The van der Waals surface area contributed by atoms with Gasteiger partial charge in [-0.2, -0.15) is 0 Å². The lowest BCUT2D eigenvalue weighted by molar-refractivity contribution is 0.597. The third-order valence-corrected chi connectivity index (χ3v) is 4.85. The van der Waals surface area contributed by atoms with Gasteiger partial charge < -0.3 is 5.73 Å². The van der Waals surface area contributed by atoms with Crippen LogP contribution >= 0.6 is 15.9 Å². The Kier molecular flexibility index (Phi) is 4.31. The minimum atomic E-state index is -3.14. The summed E-state index contributed by atoms with van der Waals surface area (Å²) in [4.78, 5) is 0.353. The summed E-state index contributed by atoms with van der Waals surface area (Å²) in [5.41, 5.74) is 6.47. The third-order valence-electron chi connectivity index (χ3n) is 2.14. The molecule has 15 heavy (non-hydrogen) atoms. The molecule has 0 atom stereocenters. The fraction of sp³-hybridized carbons (Fsp3) is 0.400. The van der Waals surface area contributed by atoms with Gasteiger partial charge in [-0.1, -0.05) is 13.0 Å². The molecular formula is C10H14BrNO2S. The average molecular weight is 292 g/mol. The van der Waals surface area contributed by atoms with Gasteiger partial charge >= 0.3 is 0 Å². The Hall–Kier alpha value is -0.390. The van der Waals surface area contributed by atoms with Gasteiger partial charge in [0.05, 0.1) is 10.6 Å². The van der Waals surface area contributed by atoms with Gasteiger partial charge in [-0.15, -0.1) is 0 Å². The van der Waals surface area contributed by atoms with Crippen LogP contribution in [0.5, 0.6) is 0 Å². The second-order valence-electron chi connectivity index (χ2n) is 3.21. The molecule has 3 nitrogen and oxygen atoms in total. The molecule has 0 aliphatic rings. The van der Waals surface area contributed by atoms with Crippen molar-refractivity contribution in [2.24, 2.45) is 5.73 Å². The van der Waals surface area contributed by atoms with Crippen LogP contribution in [0.25, 0.3) is 0 Å². The van der Waals surface area contributed by atoms with E-state index in [-0.39, 0.29) is 5.75 Å².